The Bertz CT molecular complexity index is 1200. The molecule has 1 aromatic heterocycles. The Balaban J connectivity index is 1.35. The van der Waals surface area contributed by atoms with Crippen LogP contribution in [0.3, 0.4) is 0 Å². The van der Waals surface area contributed by atoms with Gasteiger partial charge < -0.3 is 9.64 Å². The highest BCUT2D eigenvalue weighted by Crippen LogP contribution is 2.47. The minimum absolute atomic E-state index is 0.0747. The maximum Gasteiger partial charge on any atom is 0.256 e. The number of piperidine rings is 2. The van der Waals surface area contributed by atoms with Crippen LogP contribution in [0.4, 0.5) is 4.39 Å². The van der Waals surface area contributed by atoms with E-state index in [0.717, 1.165) is 31.7 Å². The van der Waals surface area contributed by atoms with Crippen LogP contribution < -0.4 is 4.74 Å². The molecule has 9 heteroatoms. The number of pyridine rings is 1. The molecule has 7 nitrogen and oxygen atoms in total. The van der Waals surface area contributed by atoms with Crippen LogP contribution in [0, 0.1) is 22.6 Å². The number of nitrogens with zero attached hydrogens (tertiary/aromatic N) is 4. The van der Waals surface area contributed by atoms with Crippen molar-refractivity contribution in [3.63, 3.8) is 0 Å². The molecule has 0 atom stereocenters. The molecule has 3 aliphatic heterocycles. The van der Waals surface area contributed by atoms with Gasteiger partial charge in [-0.15, -0.1) is 4.40 Å². The first-order valence-corrected chi connectivity index (χ1v) is 11.9. The maximum atomic E-state index is 14.2. The Hall–Kier alpha value is -2.99. The fraction of sp³-hybridized carbons (Fsp3) is 0.409. The highest BCUT2D eigenvalue weighted by Gasteiger charge is 2.52. The molecule has 0 N–H and O–H groups in total. The zero-order chi connectivity index (χ0) is 21.6. The molecule has 1 aromatic carbocycles. The summed E-state index contributed by atoms with van der Waals surface area (Å²) in [6.45, 7) is 0.860. The second kappa shape index (κ2) is 7.31. The van der Waals surface area contributed by atoms with Crippen LogP contribution in [-0.2, 0) is 10.0 Å². The predicted molar refractivity (Wildman–Crippen MR) is 112 cm³/mol. The molecule has 1 saturated carbocycles. The number of ether oxygens (including phenoxy) is 1. The normalized spacial score (nSPS) is 26.0. The quantitative estimate of drug-likeness (QED) is 0.725. The highest BCUT2D eigenvalue weighted by molar-refractivity contribution is 7.90. The third kappa shape index (κ3) is 3.55. The minimum Gasteiger partial charge on any atom is -0.493 e. The van der Waals surface area contributed by atoms with Gasteiger partial charge in [0.15, 0.2) is 5.82 Å². The molecule has 6 rings (SSSR count). The molecule has 4 aliphatic rings. The zero-order valence-corrected chi connectivity index (χ0v) is 17.6. The molecule has 31 heavy (non-hydrogen) atoms. The van der Waals surface area contributed by atoms with Gasteiger partial charge in [0.1, 0.15) is 30.0 Å². The molecule has 2 aromatic rings. The average molecular weight is 441 g/mol. The first-order valence-electron chi connectivity index (χ1n) is 10.3. The van der Waals surface area contributed by atoms with Crippen molar-refractivity contribution in [2.75, 3.05) is 18.9 Å². The lowest BCUT2D eigenvalue weighted by atomic mass is 9.67. The number of nitriles is 1. The number of aromatic nitrogens is 1. The zero-order valence-electron chi connectivity index (χ0n) is 16.8. The van der Waals surface area contributed by atoms with Crippen LogP contribution in [0.2, 0.25) is 0 Å². The van der Waals surface area contributed by atoms with Gasteiger partial charge in [0.25, 0.3) is 10.0 Å². The van der Waals surface area contributed by atoms with Gasteiger partial charge in [-0.1, -0.05) is 0 Å². The molecular weight excluding hydrogens is 419 g/mol. The first-order chi connectivity index (χ1) is 14.9. The lowest BCUT2D eigenvalue weighted by Crippen LogP contribution is -2.62. The Labute approximate surface area is 180 Å². The molecule has 1 aliphatic carbocycles. The summed E-state index contributed by atoms with van der Waals surface area (Å²) in [4.78, 5) is 6.21. The van der Waals surface area contributed by atoms with Crippen molar-refractivity contribution in [2.45, 2.75) is 31.7 Å². The van der Waals surface area contributed by atoms with Gasteiger partial charge in [-0.3, -0.25) is 4.98 Å². The highest BCUT2D eigenvalue weighted by atomic mass is 32.2. The average Bonchev–Trinajstić information content (AvgIpc) is 2.78. The van der Waals surface area contributed by atoms with Crippen molar-refractivity contribution < 1.29 is 17.5 Å². The molecule has 0 radical (unpaired) electrons. The second-order valence-electron chi connectivity index (χ2n) is 8.39. The maximum absolute atomic E-state index is 14.2. The Morgan fingerprint density at radius 3 is 2.68 bits per heavy atom. The Kier molecular flexibility index (Phi) is 4.70. The molecular formula is C22H21FN4O3S. The molecule has 4 heterocycles. The minimum atomic E-state index is -3.41. The molecule has 2 saturated heterocycles. The number of hydrogen-bond donors (Lipinski definition) is 0. The third-order valence-corrected chi connectivity index (χ3v) is 7.68. The first kappa shape index (κ1) is 19.9. The van der Waals surface area contributed by atoms with Crippen LogP contribution in [0.1, 0.15) is 31.2 Å². The summed E-state index contributed by atoms with van der Waals surface area (Å²) in [5.74, 6) is 0.806. The van der Waals surface area contributed by atoms with Crippen LogP contribution in [0.5, 0.6) is 5.75 Å². The summed E-state index contributed by atoms with van der Waals surface area (Å²) in [6, 6.07) is 10.3. The molecule has 2 bridgehead atoms. The third-order valence-electron chi connectivity index (χ3n) is 6.53. The van der Waals surface area contributed by atoms with Gasteiger partial charge in [0.05, 0.1) is 16.7 Å². The van der Waals surface area contributed by atoms with Gasteiger partial charge in [0.2, 0.25) is 0 Å². The van der Waals surface area contributed by atoms with E-state index >= 15 is 0 Å². The summed E-state index contributed by atoms with van der Waals surface area (Å²) in [5, 5.41) is 8.85. The summed E-state index contributed by atoms with van der Waals surface area (Å²) < 4.78 is 48.7. The van der Waals surface area contributed by atoms with E-state index in [4.69, 9.17) is 10.00 Å². The van der Waals surface area contributed by atoms with Gasteiger partial charge in [-0.25, -0.2) is 12.8 Å². The molecule has 0 amide bonds. The van der Waals surface area contributed by atoms with E-state index in [1.54, 1.807) is 24.3 Å². The molecule has 160 valence electrons. The lowest BCUT2D eigenvalue weighted by molar-refractivity contribution is 0.0657. The van der Waals surface area contributed by atoms with Gasteiger partial charge in [-0.05, 0) is 56.0 Å². The summed E-state index contributed by atoms with van der Waals surface area (Å²) in [6.07, 6.45) is 5.10. The fourth-order valence-corrected chi connectivity index (χ4v) is 5.93. The van der Waals surface area contributed by atoms with E-state index < -0.39 is 15.8 Å². The van der Waals surface area contributed by atoms with Crippen molar-refractivity contribution in [1.29, 1.82) is 5.26 Å². The van der Waals surface area contributed by atoms with Crippen LogP contribution in [0.25, 0.3) is 11.3 Å². The van der Waals surface area contributed by atoms with Crippen molar-refractivity contribution >= 4 is 15.9 Å². The summed E-state index contributed by atoms with van der Waals surface area (Å²) >= 11 is 0. The van der Waals surface area contributed by atoms with Crippen molar-refractivity contribution in [3.8, 4) is 23.1 Å². The van der Waals surface area contributed by atoms with E-state index in [9.17, 15) is 12.8 Å². The topological polar surface area (TPSA) is 95.6 Å². The lowest BCUT2D eigenvalue weighted by Gasteiger charge is -2.54. The SMILES string of the molecule is N#Cc1cnc(-c2ccc(OCC34CCC(CC3)N3CCS(=O)(=O)N=C34)cc2)c(F)c1. The van der Waals surface area contributed by atoms with Gasteiger partial charge in [-0.2, -0.15) is 5.26 Å². The van der Waals surface area contributed by atoms with Gasteiger partial charge >= 0.3 is 0 Å². The smallest absolute Gasteiger partial charge is 0.256 e. The molecule has 0 spiro atoms. The largest absolute Gasteiger partial charge is 0.493 e. The number of halogens is 1. The summed E-state index contributed by atoms with van der Waals surface area (Å²) in [5.41, 5.74) is 0.540. The number of rotatable bonds is 4. The van der Waals surface area contributed by atoms with Crippen LogP contribution in [0.15, 0.2) is 40.9 Å². The summed E-state index contributed by atoms with van der Waals surface area (Å²) in [7, 11) is -3.41. The Morgan fingerprint density at radius 1 is 1.26 bits per heavy atom. The standard InChI is InChI=1S/C22H21FN4O3S/c23-19-11-15(12-24)13-25-20(19)16-1-3-18(4-2-16)30-14-22-7-5-17(6-8-22)27-9-10-31(28,29)26-21(22)27/h1-4,11,13,17H,5-10,14H2. The molecule has 3 fully saturated rings. The number of hydrogen-bond acceptors (Lipinski definition) is 6. The van der Waals surface area contributed by atoms with Gasteiger partial charge in [0, 0.05) is 24.3 Å². The van der Waals surface area contributed by atoms with Crippen molar-refractivity contribution in [2.24, 2.45) is 9.81 Å². The number of benzene rings is 1. The molecule has 0 unspecified atom stereocenters. The Morgan fingerprint density at radius 2 is 2.00 bits per heavy atom. The van der Waals surface area contributed by atoms with Crippen molar-refractivity contribution in [3.05, 3.63) is 47.9 Å². The van der Waals surface area contributed by atoms with E-state index in [2.05, 4.69) is 14.3 Å². The van der Waals surface area contributed by atoms with Crippen molar-refractivity contribution in [1.82, 2.24) is 9.88 Å². The van der Waals surface area contributed by atoms with Crippen LogP contribution >= 0.6 is 0 Å². The van der Waals surface area contributed by atoms with E-state index in [1.807, 2.05) is 6.07 Å². The fourth-order valence-electron chi connectivity index (χ4n) is 4.85. The predicted octanol–water partition coefficient (Wildman–Crippen LogP) is 3.12. The monoisotopic (exact) mass is 440 g/mol. The van der Waals surface area contributed by atoms with E-state index in [-0.39, 0.29) is 22.4 Å². The van der Waals surface area contributed by atoms with E-state index in [0.29, 0.717) is 36.3 Å². The van der Waals surface area contributed by atoms with E-state index in [1.165, 1.54) is 6.20 Å². The second-order valence-corrected chi connectivity index (χ2v) is 10.1. The van der Waals surface area contributed by atoms with Crippen LogP contribution in [-0.4, -0.2) is 49.1 Å². The number of sulfonamides is 1. The number of amidine groups is 1. The number of fused-ring (bicyclic) bond motifs is 2.